The first-order valence-electron chi connectivity index (χ1n) is 31.2. The average Bonchev–Trinajstić information content (AvgIpc) is 1.71. The van der Waals surface area contributed by atoms with Gasteiger partial charge in [-0.25, -0.2) is 18.2 Å². The zero-order valence-electron chi connectivity index (χ0n) is 53.3. The molecule has 0 spiro atoms. The number of hydrogen-bond acceptors (Lipinski definition) is 4. The second-order valence-corrected chi connectivity index (χ2v) is 26.9. The van der Waals surface area contributed by atoms with Crippen LogP contribution in [0, 0.1) is 36.3 Å². The Balaban J connectivity index is 0.00000787. The number of ether oxygens (including phenoxy) is 1. The van der Waals surface area contributed by atoms with Crippen molar-refractivity contribution in [3.8, 4) is 84.1 Å². The van der Waals surface area contributed by atoms with E-state index in [9.17, 15) is 0 Å². The Morgan fingerprint density at radius 1 is 0.409 bits per heavy atom. The van der Waals surface area contributed by atoms with Crippen molar-refractivity contribution in [2.45, 2.75) is 78.6 Å². The Kier molecular flexibility index (Phi) is 16.3. The largest absolute Gasteiger partial charge is 0.509 e. The van der Waals surface area contributed by atoms with Crippen molar-refractivity contribution in [1.29, 1.82) is 0 Å². The van der Waals surface area contributed by atoms with Crippen LogP contribution in [0.4, 0.5) is 35.9 Å². The van der Waals surface area contributed by atoms with E-state index >= 15 is 13.2 Å². The van der Waals surface area contributed by atoms with Gasteiger partial charge in [-0.2, -0.15) is 6.07 Å². The van der Waals surface area contributed by atoms with E-state index in [0.717, 1.165) is 118 Å². The summed E-state index contributed by atoms with van der Waals surface area (Å²) in [5, 5.41) is 2.06. The molecule has 3 heterocycles. The summed E-state index contributed by atoms with van der Waals surface area (Å²) in [6.45, 7) is 21.8. The first kappa shape index (κ1) is 62.1. The number of halogens is 3. The van der Waals surface area contributed by atoms with E-state index < -0.39 is 17.5 Å². The SMILES string of the molecule is CC(C)(C)c1cc(-c2cc(-c3ccccc3)cc(-c3c(F)cc(F)cc3F)c2N2[CH-]N(c3[c-]c(Oc4[c-]c5c(cc4)c4ccccc4n5-c4cc(C(C)(C)C)ccn4)cc(-c4c(-c5ccccc5)cccc4-c4ccccc4)c3)c3ccccc32)cc(C(C)(C)C)c1.[Pt]. The maximum atomic E-state index is 17.1. The monoisotopic (exact) mass is 1400 g/mol. The van der Waals surface area contributed by atoms with Gasteiger partial charge < -0.3 is 19.1 Å². The number of aromatic nitrogens is 2. The van der Waals surface area contributed by atoms with Crippen LogP contribution in [0.5, 0.6) is 11.5 Å². The number of pyridine rings is 1. The van der Waals surface area contributed by atoms with Crippen LogP contribution in [0.1, 0.15) is 79.0 Å². The maximum absolute atomic E-state index is 17.1. The minimum Gasteiger partial charge on any atom is -0.509 e. The summed E-state index contributed by atoms with van der Waals surface area (Å²) in [5.74, 6) is -1.42. The molecule has 14 rings (SSSR count). The van der Waals surface area contributed by atoms with Crippen molar-refractivity contribution >= 4 is 44.6 Å². The molecule has 93 heavy (non-hydrogen) atoms. The zero-order chi connectivity index (χ0) is 63.8. The van der Waals surface area contributed by atoms with Crippen molar-refractivity contribution in [3.63, 3.8) is 0 Å². The van der Waals surface area contributed by atoms with Crippen molar-refractivity contribution in [2.24, 2.45) is 0 Å². The molecular formula is C84H68F3N4OPt-3. The predicted molar refractivity (Wildman–Crippen MR) is 373 cm³/mol. The van der Waals surface area contributed by atoms with Crippen molar-refractivity contribution in [3.05, 3.63) is 296 Å². The molecule has 13 aromatic rings. The van der Waals surface area contributed by atoms with Gasteiger partial charge in [-0.3, -0.25) is 0 Å². The Morgan fingerprint density at radius 2 is 0.968 bits per heavy atom. The summed E-state index contributed by atoms with van der Waals surface area (Å²) in [4.78, 5) is 9.05. The molecule has 0 saturated carbocycles. The van der Waals surface area contributed by atoms with Gasteiger partial charge in [0, 0.05) is 84.6 Å². The molecule has 0 amide bonds. The van der Waals surface area contributed by atoms with Crippen LogP contribution in [-0.2, 0) is 37.3 Å². The van der Waals surface area contributed by atoms with E-state index in [1.54, 1.807) is 0 Å². The number of nitrogens with zero attached hydrogens (tertiary/aromatic N) is 4. The molecule has 0 radical (unpaired) electrons. The van der Waals surface area contributed by atoms with E-state index in [1.165, 1.54) is 0 Å². The van der Waals surface area contributed by atoms with Gasteiger partial charge in [-0.1, -0.05) is 226 Å². The van der Waals surface area contributed by atoms with E-state index in [-0.39, 0.29) is 48.4 Å². The van der Waals surface area contributed by atoms with Gasteiger partial charge in [0.25, 0.3) is 0 Å². The summed E-state index contributed by atoms with van der Waals surface area (Å²) in [6, 6.07) is 85.5. The molecule has 0 aliphatic carbocycles. The third-order valence-corrected chi connectivity index (χ3v) is 17.6. The van der Waals surface area contributed by atoms with Gasteiger partial charge in [-0.15, -0.1) is 53.6 Å². The summed E-state index contributed by atoms with van der Waals surface area (Å²) in [6.07, 6.45) is 1.87. The number of anilines is 4. The third-order valence-electron chi connectivity index (χ3n) is 17.6. The smallest absolute Gasteiger partial charge is 0.136 e. The van der Waals surface area contributed by atoms with Crippen LogP contribution >= 0.6 is 0 Å². The van der Waals surface area contributed by atoms with E-state index in [4.69, 9.17) is 9.72 Å². The molecule has 1 aliphatic heterocycles. The molecule has 0 N–H and O–H groups in total. The molecule has 9 heteroatoms. The molecule has 0 saturated heterocycles. The second kappa shape index (κ2) is 24.4. The number of rotatable bonds is 11. The van der Waals surface area contributed by atoms with E-state index in [2.05, 4.69) is 217 Å². The fourth-order valence-corrected chi connectivity index (χ4v) is 12.8. The fourth-order valence-electron chi connectivity index (χ4n) is 12.8. The molecule has 1 aliphatic rings. The van der Waals surface area contributed by atoms with Crippen LogP contribution in [0.15, 0.2) is 243 Å². The summed E-state index contributed by atoms with van der Waals surface area (Å²) < 4.78 is 58.9. The number of benzene rings is 11. The van der Waals surface area contributed by atoms with Crippen LogP contribution in [0.3, 0.4) is 0 Å². The molecule has 5 nitrogen and oxygen atoms in total. The number of hydrogen-bond donors (Lipinski definition) is 0. The summed E-state index contributed by atoms with van der Waals surface area (Å²) in [5.41, 5.74) is 15.9. The van der Waals surface area contributed by atoms with Gasteiger partial charge in [0.15, 0.2) is 0 Å². The second-order valence-electron chi connectivity index (χ2n) is 26.9. The Labute approximate surface area is 557 Å². The first-order chi connectivity index (χ1) is 44.2. The summed E-state index contributed by atoms with van der Waals surface area (Å²) in [7, 11) is 0. The van der Waals surface area contributed by atoms with Gasteiger partial charge in [0.05, 0.1) is 5.56 Å². The molecule has 464 valence electrons. The minimum atomic E-state index is -1.03. The van der Waals surface area contributed by atoms with Crippen molar-refractivity contribution < 1.29 is 39.0 Å². The molecule has 11 aromatic carbocycles. The van der Waals surface area contributed by atoms with E-state index in [1.807, 2.05) is 109 Å². The number of para-hydroxylation sites is 3. The minimum absolute atomic E-state index is 0. The van der Waals surface area contributed by atoms with Crippen molar-refractivity contribution in [1.82, 2.24) is 9.55 Å². The Hall–Kier alpha value is -9.75. The molecule has 0 fully saturated rings. The normalized spacial score (nSPS) is 12.6. The molecule has 0 atom stereocenters. The maximum Gasteiger partial charge on any atom is 0.136 e. The Morgan fingerprint density at radius 3 is 1.58 bits per heavy atom. The third kappa shape index (κ3) is 11.9. The fraction of sp³-hybridized carbons (Fsp3) is 0.143. The van der Waals surface area contributed by atoms with Gasteiger partial charge in [0.1, 0.15) is 23.3 Å². The van der Waals surface area contributed by atoms with Crippen LogP contribution in [-0.4, -0.2) is 9.55 Å². The Bertz CT molecular complexity index is 4870. The molecule has 0 unspecified atom stereocenters. The molecular weight excluding hydrogens is 1330 g/mol. The topological polar surface area (TPSA) is 33.5 Å². The number of fused-ring (bicyclic) bond motifs is 4. The van der Waals surface area contributed by atoms with Crippen molar-refractivity contribution in [2.75, 3.05) is 9.80 Å². The standard InChI is InChI=1S/C84H68F3N4O.Pt/c1-82(2,3)59-38-39-88-78(47-59)91-74-33-20-19-30-68(74)69-37-36-64(51-77(69)91)92-65-43-58(79-66(54-26-15-11-16-27-54)31-23-32-67(79)55-28-17-12-18-29-55)42-63(50-65)89-52-90(76-35-22-21-34-75(76)89)81-70(57-40-60(83(4,5)6)46-61(41-57)84(7,8)9)44-56(53-24-13-10-14-25-53)45-71(81)80-72(86)48-62(85)49-73(80)87;/h10-49,52H,1-9H3;/q-3;. The zero-order valence-corrected chi connectivity index (χ0v) is 55.6. The van der Waals surface area contributed by atoms with E-state index in [0.29, 0.717) is 28.4 Å². The van der Waals surface area contributed by atoms with Crippen LogP contribution in [0.25, 0.3) is 94.4 Å². The van der Waals surface area contributed by atoms with Crippen LogP contribution < -0.4 is 14.5 Å². The van der Waals surface area contributed by atoms with Gasteiger partial charge >= 0.3 is 0 Å². The summed E-state index contributed by atoms with van der Waals surface area (Å²) >= 11 is 0. The van der Waals surface area contributed by atoms with Gasteiger partial charge in [-0.05, 0) is 125 Å². The van der Waals surface area contributed by atoms with Crippen LogP contribution in [0.2, 0.25) is 0 Å². The average molecular weight is 1400 g/mol. The molecule has 0 bridgehead atoms. The molecule has 2 aromatic heterocycles. The predicted octanol–water partition coefficient (Wildman–Crippen LogP) is 23.3. The first-order valence-corrected chi connectivity index (χ1v) is 31.2. The van der Waals surface area contributed by atoms with Gasteiger partial charge in [0.2, 0.25) is 0 Å². The quantitative estimate of drug-likeness (QED) is 0.121.